The van der Waals surface area contributed by atoms with Crippen LogP contribution in [-0.4, -0.2) is 12.1 Å². The van der Waals surface area contributed by atoms with Crippen molar-refractivity contribution < 1.29 is 31.5 Å². The summed E-state index contributed by atoms with van der Waals surface area (Å²) in [7, 11) is 0. The SMILES string of the molecule is CCCCCC1CCC(C(=O)OC2CCC(C=Cc3cc(F)c(C(F)(F)F)c(F)c3)CC2)CC1. The number of ether oxygens (including phenoxy) is 1. The number of allylic oxidation sites excluding steroid dienone is 1. The van der Waals surface area contributed by atoms with E-state index in [-0.39, 0.29) is 29.5 Å². The van der Waals surface area contributed by atoms with Gasteiger partial charge in [-0.2, -0.15) is 13.2 Å². The maximum Gasteiger partial charge on any atom is 0.422 e. The topological polar surface area (TPSA) is 26.3 Å². The van der Waals surface area contributed by atoms with Gasteiger partial charge in [-0.3, -0.25) is 4.79 Å². The average Bonchev–Trinajstić information content (AvgIpc) is 2.78. The van der Waals surface area contributed by atoms with Crippen molar-refractivity contribution in [2.75, 3.05) is 0 Å². The quantitative estimate of drug-likeness (QED) is 0.209. The lowest BCUT2D eigenvalue weighted by Crippen LogP contribution is -2.29. The highest BCUT2D eigenvalue weighted by molar-refractivity contribution is 5.72. The van der Waals surface area contributed by atoms with Gasteiger partial charge in [0.15, 0.2) is 0 Å². The molecule has 0 unspecified atom stereocenters. The molecule has 2 aliphatic carbocycles. The summed E-state index contributed by atoms with van der Waals surface area (Å²) in [6.07, 6.45) is 10.1. The fourth-order valence-corrected chi connectivity index (χ4v) is 5.24. The molecule has 7 heteroatoms. The van der Waals surface area contributed by atoms with Crippen LogP contribution in [0.3, 0.4) is 0 Å². The fraction of sp³-hybridized carbons (Fsp3) is 0.667. The zero-order chi connectivity index (χ0) is 24.7. The number of alkyl halides is 3. The molecule has 0 spiro atoms. The Balaban J connectivity index is 1.42. The smallest absolute Gasteiger partial charge is 0.422 e. The maximum absolute atomic E-state index is 13.7. The van der Waals surface area contributed by atoms with Crippen molar-refractivity contribution in [1.29, 1.82) is 0 Å². The molecule has 0 radical (unpaired) electrons. The first-order valence-electron chi connectivity index (χ1n) is 12.6. The molecule has 0 atom stereocenters. The van der Waals surface area contributed by atoms with E-state index in [4.69, 9.17) is 4.74 Å². The van der Waals surface area contributed by atoms with Gasteiger partial charge in [0.25, 0.3) is 0 Å². The Kier molecular flexibility index (Phi) is 9.55. The summed E-state index contributed by atoms with van der Waals surface area (Å²) >= 11 is 0. The second-order valence-electron chi connectivity index (χ2n) is 9.90. The van der Waals surface area contributed by atoms with E-state index in [0.717, 1.165) is 44.4 Å². The van der Waals surface area contributed by atoms with Crippen LogP contribution in [0.25, 0.3) is 6.08 Å². The number of rotatable bonds is 8. The van der Waals surface area contributed by atoms with E-state index < -0.39 is 23.4 Å². The Labute approximate surface area is 198 Å². The van der Waals surface area contributed by atoms with Crippen molar-refractivity contribution in [2.45, 2.75) is 96.3 Å². The van der Waals surface area contributed by atoms with E-state index in [1.54, 1.807) is 6.08 Å². The van der Waals surface area contributed by atoms with Gasteiger partial charge in [0, 0.05) is 0 Å². The Morgan fingerprint density at radius 3 is 2.15 bits per heavy atom. The number of hydrogen-bond donors (Lipinski definition) is 0. The molecule has 0 N–H and O–H groups in total. The molecular formula is C27H35F5O2. The molecule has 2 saturated carbocycles. The minimum Gasteiger partial charge on any atom is -0.462 e. The molecule has 34 heavy (non-hydrogen) atoms. The number of halogens is 5. The Morgan fingerprint density at radius 2 is 1.59 bits per heavy atom. The van der Waals surface area contributed by atoms with Crippen molar-refractivity contribution in [3.8, 4) is 0 Å². The molecule has 2 aliphatic rings. The molecule has 2 fully saturated rings. The van der Waals surface area contributed by atoms with Gasteiger partial charge >= 0.3 is 12.1 Å². The largest absolute Gasteiger partial charge is 0.462 e. The molecule has 190 valence electrons. The lowest BCUT2D eigenvalue weighted by Gasteiger charge is -2.31. The third kappa shape index (κ3) is 7.54. The number of carbonyl (C=O) groups excluding carboxylic acids is 1. The summed E-state index contributed by atoms with van der Waals surface area (Å²) in [5.41, 5.74) is -1.81. The standard InChI is InChI=1S/C27H35F5O2/c1-2-3-4-5-18-8-12-21(13-9-18)26(33)34-22-14-10-19(11-15-22)6-7-20-16-23(28)25(24(29)17-20)27(30,31)32/h6-7,16-19,21-22H,2-5,8-15H2,1H3. The van der Waals surface area contributed by atoms with Crippen LogP contribution in [0.4, 0.5) is 22.0 Å². The highest BCUT2D eigenvalue weighted by atomic mass is 19.4. The maximum atomic E-state index is 13.7. The highest BCUT2D eigenvalue weighted by Gasteiger charge is 2.37. The van der Waals surface area contributed by atoms with E-state index >= 15 is 0 Å². The fourth-order valence-electron chi connectivity index (χ4n) is 5.24. The number of benzene rings is 1. The molecule has 1 aromatic rings. The molecular weight excluding hydrogens is 451 g/mol. The van der Waals surface area contributed by atoms with Crippen LogP contribution in [0.1, 0.15) is 95.1 Å². The number of esters is 1. The van der Waals surface area contributed by atoms with E-state index in [0.29, 0.717) is 25.0 Å². The van der Waals surface area contributed by atoms with Crippen LogP contribution in [0.2, 0.25) is 0 Å². The summed E-state index contributed by atoms with van der Waals surface area (Å²) in [6, 6.07) is 1.41. The molecule has 0 aliphatic heterocycles. The van der Waals surface area contributed by atoms with Crippen LogP contribution >= 0.6 is 0 Å². The van der Waals surface area contributed by atoms with Crippen LogP contribution in [-0.2, 0) is 15.7 Å². The molecule has 0 amide bonds. The minimum absolute atomic E-state index is 0.00417. The predicted molar refractivity (Wildman–Crippen MR) is 122 cm³/mol. The van der Waals surface area contributed by atoms with E-state index in [2.05, 4.69) is 6.92 Å². The van der Waals surface area contributed by atoms with E-state index in [9.17, 15) is 26.7 Å². The van der Waals surface area contributed by atoms with Gasteiger partial charge in [0.2, 0.25) is 0 Å². The summed E-state index contributed by atoms with van der Waals surface area (Å²) in [5.74, 6) is -2.44. The summed E-state index contributed by atoms with van der Waals surface area (Å²) in [5, 5.41) is 0. The number of carbonyl (C=O) groups is 1. The Bertz CT molecular complexity index is 809. The molecule has 0 bridgehead atoms. The third-order valence-corrected chi connectivity index (χ3v) is 7.31. The molecule has 3 rings (SSSR count). The molecule has 2 nitrogen and oxygen atoms in total. The summed E-state index contributed by atoms with van der Waals surface area (Å²) < 4.78 is 71.4. The second-order valence-corrected chi connectivity index (χ2v) is 9.90. The van der Waals surface area contributed by atoms with E-state index in [1.807, 2.05) is 0 Å². The monoisotopic (exact) mass is 486 g/mol. The van der Waals surface area contributed by atoms with Crippen LogP contribution in [0.5, 0.6) is 0 Å². The van der Waals surface area contributed by atoms with Crippen molar-refractivity contribution in [3.05, 3.63) is 41.0 Å². The van der Waals surface area contributed by atoms with Gasteiger partial charge in [-0.1, -0.05) is 44.8 Å². The van der Waals surface area contributed by atoms with Gasteiger partial charge in [0.1, 0.15) is 23.3 Å². The van der Waals surface area contributed by atoms with Crippen molar-refractivity contribution in [2.24, 2.45) is 17.8 Å². The van der Waals surface area contributed by atoms with Gasteiger partial charge in [-0.25, -0.2) is 8.78 Å². The summed E-state index contributed by atoms with van der Waals surface area (Å²) in [6.45, 7) is 2.21. The van der Waals surface area contributed by atoms with Crippen molar-refractivity contribution >= 4 is 12.0 Å². The van der Waals surface area contributed by atoms with Gasteiger partial charge in [-0.05, 0) is 80.9 Å². The van der Waals surface area contributed by atoms with Gasteiger partial charge < -0.3 is 4.74 Å². The Hall–Kier alpha value is -1.92. The molecule has 0 heterocycles. The lowest BCUT2D eigenvalue weighted by atomic mass is 9.79. The first-order chi connectivity index (χ1) is 16.2. The average molecular weight is 487 g/mol. The molecule has 0 aromatic heterocycles. The zero-order valence-electron chi connectivity index (χ0n) is 19.8. The first kappa shape index (κ1) is 26.7. The molecule has 1 aromatic carbocycles. The Morgan fingerprint density at radius 1 is 0.971 bits per heavy atom. The first-order valence-corrected chi connectivity index (χ1v) is 12.6. The van der Waals surface area contributed by atoms with Crippen LogP contribution < -0.4 is 0 Å². The van der Waals surface area contributed by atoms with E-state index in [1.165, 1.54) is 31.8 Å². The molecule has 0 saturated heterocycles. The van der Waals surface area contributed by atoms with Gasteiger partial charge in [0.05, 0.1) is 5.92 Å². The number of hydrogen-bond acceptors (Lipinski definition) is 2. The normalized spacial score (nSPS) is 26.1. The van der Waals surface area contributed by atoms with Crippen molar-refractivity contribution in [1.82, 2.24) is 0 Å². The minimum atomic E-state index is -5.07. The second kappa shape index (κ2) is 12.2. The number of unbranched alkanes of at least 4 members (excludes halogenated alkanes) is 2. The van der Waals surface area contributed by atoms with Gasteiger partial charge in [-0.15, -0.1) is 0 Å². The third-order valence-electron chi connectivity index (χ3n) is 7.31. The van der Waals surface area contributed by atoms with Crippen LogP contribution in [0.15, 0.2) is 18.2 Å². The summed E-state index contributed by atoms with van der Waals surface area (Å²) in [4.78, 5) is 12.6. The predicted octanol–water partition coefficient (Wildman–Crippen LogP) is 8.49. The lowest BCUT2D eigenvalue weighted by molar-refractivity contribution is -0.157. The highest BCUT2D eigenvalue weighted by Crippen LogP contribution is 2.36. The zero-order valence-corrected chi connectivity index (χ0v) is 19.8. The van der Waals surface area contributed by atoms with Crippen LogP contribution in [0, 0.1) is 29.4 Å². The van der Waals surface area contributed by atoms with Crippen molar-refractivity contribution in [3.63, 3.8) is 0 Å².